The van der Waals surface area contributed by atoms with Crippen LogP contribution >= 0.6 is 0 Å². The number of alkyl halides is 3. The minimum Gasteiger partial charge on any atom is -0.481 e. The fourth-order valence-electron chi connectivity index (χ4n) is 5.86. The number of nitrogens with zero attached hydrogens (tertiary/aromatic N) is 1. The van der Waals surface area contributed by atoms with Crippen LogP contribution in [-0.4, -0.2) is 60.7 Å². The number of halogens is 3. The highest BCUT2D eigenvalue weighted by molar-refractivity contribution is 7.89. The number of likely N-dealkylation sites (N-methyl/N-ethyl adjacent to an activating group) is 1. The molecule has 0 aliphatic heterocycles. The summed E-state index contributed by atoms with van der Waals surface area (Å²) in [6.45, 7) is 3.84. The third kappa shape index (κ3) is 8.68. The second kappa shape index (κ2) is 13.4. The van der Waals surface area contributed by atoms with Crippen LogP contribution in [0.15, 0.2) is 71.6 Å². The number of sulfonamides is 1. The highest BCUT2D eigenvalue weighted by atomic mass is 32.2. The number of benzene rings is 3. The average Bonchev–Trinajstić information content (AvgIpc) is 3.36. The van der Waals surface area contributed by atoms with E-state index in [0.29, 0.717) is 23.1 Å². The Morgan fingerprint density at radius 2 is 1.66 bits per heavy atom. The summed E-state index contributed by atoms with van der Waals surface area (Å²) in [7, 11) is -3.19. The maximum atomic E-state index is 13.9. The van der Waals surface area contributed by atoms with Crippen LogP contribution in [0.2, 0.25) is 0 Å². The second-order valence-corrected chi connectivity index (χ2v) is 14.3. The lowest BCUT2D eigenvalue weighted by Crippen LogP contribution is -2.47. The Morgan fingerprint density at radius 1 is 1.00 bits per heavy atom. The van der Waals surface area contributed by atoms with E-state index in [1.807, 2.05) is 26.0 Å². The van der Waals surface area contributed by atoms with Crippen molar-refractivity contribution in [2.75, 3.05) is 20.1 Å². The lowest BCUT2D eigenvalue weighted by atomic mass is 9.88. The maximum Gasteiger partial charge on any atom is 0.416 e. The van der Waals surface area contributed by atoms with Gasteiger partial charge >= 0.3 is 12.1 Å². The van der Waals surface area contributed by atoms with Gasteiger partial charge in [0.2, 0.25) is 10.0 Å². The van der Waals surface area contributed by atoms with Gasteiger partial charge in [0.15, 0.2) is 0 Å². The molecule has 3 N–H and O–H groups in total. The van der Waals surface area contributed by atoms with Gasteiger partial charge in [-0.05, 0) is 91.5 Å². The Balaban J connectivity index is 1.45. The molecule has 0 radical (unpaired) electrons. The van der Waals surface area contributed by atoms with Crippen LogP contribution < -0.4 is 5.32 Å². The summed E-state index contributed by atoms with van der Waals surface area (Å²) in [5, 5.41) is 23.0. The standard InChI is InChI=1S/C33H39F3N2O5S/c1-32(2,19-23-14-24-8-4-5-9-25(24)15-23)37-20-29(39)21-38(3)44(42,43)30-17-27(16-28(18-30)33(34,35)36)26-10-6-7-22(13-26)11-12-31(40)41/h4-10,13,16-18,23,29,37,39H,11-12,14-15,19-21H2,1-3H3,(H,40,41). The van der Waals surface area contributed by atoms with Gasteiger partial charge in [-0.2, -0.15) is 17.5 Å². The minimum atomic E-state index is -4.81. The fourth-order valence-corrected chi connectivity index (χ4v) is 7.14. The third-order valence-corrected chi connectivity index (χ3v) is 9.85. The van der Waals surface area contributed by atoms with Crippen molar-refractivity contribution in [3.8, 4) is 11.1 Å². The van der Waals surface area contributed by atoms with E-state index in [9.17, 15) is 31.5 Å². The van der Waals surface area contributed by atoms with Crippen molar-refractivity contribution in [3.63, 3.8) is 0 Å². The molecular formula is C33H39F3N2O5S. The van der Waals surface area contributed by atoms with E-state index in [1.165, 1.54) is 24.2 Å². The van der Waals surface area contributed by atoms with Gasteiger partial charge in [-0.25, -0.2) is 8.42 Å². The maximum absolute atomic E-state index is 13.9. The van der Waals surface area contributed by atoms with Crippen molar-refractivity contribution < 1.29 is 36.6 Å². The van der Waals surface area contributed by atoms with Crippen LogP contribution in [0.25, 0.3) is 11.1 Å². The zero-order valence-corrected chi connectivity index (χ0v) is 25.9. The monoisotopic (exact) mass is 632 g/mol. The van der Waals surface area contributed by atoms with Crippen LogP contribution in [0.1, 0.15) is 48.9 Å². The second-order valence-electron chi connectivity index (χ2n) is 12.3. The van der Waals surface area contributed by atoms with E-state index in [-0.39, 0.29) is 37.0 Å². The number of hydrogen-bond acceptors (Lipinski definition) is 5. The summed E-state index contributed by atoms with van der Waals surface area (Å²) in [5.41, 5.74) is 2.19. The quantitative estimate of drug-likeness (QED) is 0.228. The van der Waals surface area contributed by atoms with Crippen LogP contribution in [0.5, 0.6) is 0 Å². The largest absolute Gasteiger partial charge is 0.481 e. The Morgan fingerprint density at radius 3 is 2.27 bits per heavy atom. The molecule has 44 heavy (non-hydrogen) atoms. The molecule has 3 aromatic rings. The molecule has 1 aliphatic rings. The number of rotatable bonds is 13. The van der Waals surface area contributed by atoms with Crippen molar-refractivity contribution in [3.05, 3.63) is 89.0 Å². The van der Waals surface area contributed by atoms with Gasteiger partial charge in [0.1, 0.15) is 0 Å². The molecule has 0 saturated heterocycles. The van der Waals surface area contributed by atoms with E-state index < -0.39 is 38.7 Å². The van der Waals surface area contributed by atoms with Gasteiger partial charge < -0.3 is 15.5 Å². The molecule has 0 saturated carbocycles. The van der Waals surface area contributed by atoms with Gasteiger partial charge in [-0.1, -0.05) is 48.5 Å². The number of nitrogens with one attached hydrogen (secondary N) is 1. The third-order valence-electron chi connectivity index (χ3n) is 8.05. The number of carboxylic acids is 1. The van der Waals surface area contributed by atoms with Gasteiger partial charge in [0, 0.05) is 32.1 Å². The number of aliphatic hydroxyl groups excluding tert-OH is 1. The van der Waals surface area contributed by atoms with Crippen molar-refractivity contribution in [1.29, 1.82) is 0 Å². The zero-order valence-electron chi connectivity index (χ0n) is 25.1. The predicted octanol–water partition coefficient (Wildman–Crippen LogP) is 5.54. The van der Waals surface area contributed by atoms with Crippen molar-refractivity contribution >= 4 is 16.0 Å². The smallest absolute Gasteiger partial charge is 0.416 e. The molecule has 0 amide bonds. The average molecular weight is 633 g/mol. The first-order valence-corrected chi connectivity index (χ1v) is 16.0. The lowest BCUT2D eigenvalue weighted by molar-refractivity contribution is -0.138. The zero-order chi connectivity index (χ0) is 32.3. The molecular weight excluding hydrogens is 593 g/mol. The topological polar surface area (TPSA) is 107 Å². The molecule has 0 heterocycles. The number of carboxylic acid groups (broad SMARTS) is 1. The Hall–Kier alpha value is -3.25. The molecule has 1 unspecified atom stereocenters. The van der Waals surface area contributed by atoms with Crippen molar-refractivity contribution in [2.45, 2.75) is 68.7 Å². The van der Waals surface area contributed by atoms with E-state index in [0.717, 1.165) is 29.6 Å². The number of aliphatic hydroxyl groups is 1. The Kier molecular flexibility index (Phi) is 10.2. The Bertz CT molecular complexity index is 1570. The van der Waals surface area contributed by atoms with E-state index in [2.05, 4.69) is 17.4 Å². The van der Waals surface area contributed by atoms with Gasteiger partial charge in [-0.3, -0.25) is 4.79 Å². The first kappa shape index (κ1) is 33.6. The molecule has 0 bridgehead atoms. The van der Waals surface area contributed by atoms with Crippen LogP contribution in [0, 0.1) is 5.92 Å². The molecule has 0 fully saturated rings. The normalized spacial score (nSPS) is 15.0. The summed E-state index contributed by atoms with van der Waals surface area (Å²) < 4.78 is 69.4. The summed E-state index contributed by atoms with van der Waals surface area (Å²) in [6, 6.07) is 17.3. The molecule has 0 aromatic heterocycles. The molecule has 1 atom stereocenters. The minimum absolute atomic E-state index is 0.0296. The van der Waals surface area contributed by atoms with E-state index in [4.69, 9.17) is 5.11 Å². The summed E-state index contributed by atoms with van der Waals surface area (Å²) in [5.74, 6) is -0.560. The van der Waals surface area contributed by atoms with E-state index in [1.54, 1.807) is 24.3 Å². The number of carbonyl (C=O) groups is 1. The van der Waals surface area contributed by atoms with Crippen molar-refractivity contribution in [1.82, 2.24) is 9.62 Å². The summed E-state index contributed by atoms with van der Waals surface area (Å²) in [6.07, 6.45) is -3.08. The molecule has 3 aromatic carbocycles. The first-order chi connectivity index (χ1) is 20.5. The summed E-state index contributed by atoms with van der Waals surface area (Å²) >= 11 is 0. The van der Waals surface area contributed by atoms with E-state index >= 15 is 0 Å². The molecule has 4 rings (SSSR count). The number of aryl methyl sites for hydroxylation is 1. The number of fused-ring (bicyclic) bond motifs is 1. The fraction of sp³-hybridized carbons (Fsp3) is 0.424. The van der Waals surface area contributed by atoms with Crippen molar-refractivity contribution in [2.24, 2.45) is 5.92 Å². The Labute approximate surface area is 256 Å². The van der Waals surface area contributed by atoms with Gasteiger partial charge in [0.25, 0.3) is 0 Å². The van der Waals surface area contributed by atoms with Crippen LogP contribution in [-0.2, 0) is 40.3 Å². The highest BCUT2D eigenvalue weighted by Crippen LogP contribution is 2.36. The molecule has 238 valence electrons. The van der Waals surface area contributed by atoms with Gasteiger partial charge in [-0.15, -0.1) is 0 Å². The number of hydrogen-bond donors (Lipinski definition) is 3. The van der Waals surface area contributed by atoms with Crippen LogP contribution in [0.4, 0.5) is 13.2 Å². The first-order valence-electron chi connectivity index (χ1n) is 14.5. The predicted molar refractivity (Wildman–Crippen MR) is 163 cm³/mol. The lowest BCUT2D eigenvalue weighted by Gasteiger charge is -2.31. The number of β-amino-alcohol motifs (C(OH)–C–C–N with tert-alkyl or cyclic N) is 1. The van der Waals surface area contributed by atoms with Crippen LogP contribution in [0.3, 0.4) is 0 Å². The summed E-state index contributed by atoms with van der Waals surface area (Å²) in [4.78, 5) is 10.4. The highest BCUT2D eigenvalue weighted by Gasteiger charge is 2.34. The molecule has 1 aliphatic carbocycles. The molecule has 0 spiro atoms. The molecule has 7 nitrogen and oxygen atoms in total. The van der Waals surface area contributed by atoms with Gasteiger partial charge in [0.05, 0.1) is 16.6 Å². The SMILES string of the molecule is CN(CC(O)CNC(C)(C)CC1Cc2ccccc2C1)S(=O)(=O)c1cc(-c2cccc(CCC(=O)O)c2)cc(C(F)(F)F)c1. The molecule has 11 heteroatoms. The number of aliphatic carboxylic acids is 1.